The SMILES string of the molecule is CC(=O)c1cccc(Nc2ncc(C(=O)Nc3ccc(C#N)cc3)cn2)c1. The molecule has 0 aliphatic heterocycles. The molecule has 2 aromatic carbocycles. The van der Waals surface area contributed by atoms with E-state index < -0.39 is 0 Å². The van der Waals surface area contributed by atoms with Crippen LogP contribution in [0.15, 0.2) is 60.9 Å². The van der Waals surface area contributed by atoms with Crippen molar-refractivity contribution in [2.24, 2.45) is 0 Å². The van der Waals surface area contributed by atoms with E-state index in [-0.39, 0.29) is 11.7 Å². The van der Waals surface area contributed by atoms with Crippen LogP contribution in [0, 0.1) is 11.3 Å². The van der Waals surface area contributed by atoms with Crippen LogP contribution < -0.4 is 10.6 Å². The van der Waals surface area contributed by atoms with Crippen molar-refractivity contribution >= 4 is 29.0 Å². The Morgan fingerprint density at radius 3 is 2.30 bits per heavy atom. The summed E-state index contributed by atoms with van der Waals surface area (Å²) in [5.74, 6) is -0.0788. The molecular weight excluding hydrogens is 342 g/mol. The average Bonchev–Trinajstić information content (AvgIpc) is 2.69. The monoisotopic (exact) mass is 357 g/mol. The number of hydrogen-bond acceptors (Lipinski definition) is 6. The lowest BCUT2D eigenvalue weighted by molar-refractivity contribution is 0.101. The van der Waals surface area contributed by atoms with Gasteiger partial charge in [-0.25, -0.2) is 9.97 Å². The molecule has 0 atom stereocenters. The maximum Gasteiger partial charge on any atom is 0.258 e. The van der Waals surface area contributed by atoms with Gasteiger partial charge in [0.25, 0.3) is 5.91 Å². The van der Waals surface area contributed by atoms with Gasteiger partial charge < -0.3 is 10.6 Å². The number of amides is 1. The minimum Gasteiger partial charge on any atom is -0.324 e. The summed E-state index contributed by atoms with van der Waals surface area (Å²) in [6.07, 6.45) is 2.81. The van der Waals surface area contributed by atoms with Crippen LogP contribution in [0.2, 0.25) is 0 Å². The van der Waals surface area contributed by atoms with Crippen molar-refractivity contribution in [3.05, 3.63) is 77.6 Å². The first-order valence-electron chi connectivity index (χ1n) is 8.07. The summed E-state index contributed by atoms with van der Waals surface area (Å²) in [4.78, 5) is 31.9. The van der Waals surface area contributed by atoms with Crippen LogP contribution in [0.3, 0.4) is 0 Å². The third-order valence-corrected chi connectivity index (χ3v) is 3.71. The van der Waals surface area contributed by atoms with Gasteiger partial charge in [-0.05, 0) is 43.3 Å². The Bertz CT molecular complexity index is 1020. The summed E-state index contributed by atoms with van der Waals surface area (Å²) < 4.78 is 0. The number of rotatable bonds is 5. The quantitative estimate of drug-likeness (QED) is 0.676. The molecule has 0 saturated heterocycles. The Hall–Kier alpha value is -4.05. The van der Waals surface area contributed by atoms with Gasteiger partial charge in [-0.15, -0.1) is 0 Å². The molecule has 0 spiro atoms. The normalized spacial score (nSPS) is 9.93. The van der Waals surface area contributed by atoms with E-state index in [4.69, 9.17) is 5.26 Å². The number of carbonyl (C=O) groups is 2. The zero-order chi connectivity index (χ0) is 19.2. The smallest absolute Gasteiger partial charge is 0.258 e. The third kappa shape index (κ3) is 4.52. The topological polar surface area (TPSA) is 108 Å². The molecule has 0 fully saturated rings. The van der Waals surface area contributed by atoms with E-state index in [0.717, 1.165) is 0 Å². The van der Waals surface area contributed by atoms with Crippen molar-refractivity contribution in [2.75, 3.05) is 10.6 Å². The summed E-state index contributed by atoms with van der Waals surface area (Å²) in [7, 11) is 0. The van der Waals surface area contributed by atoms with Crippen molar-refractivity contribution in [1.29, 1.82) is 5.26 Å². The lowest BCUT2D eigenvalue weighted by Crippen LogP contribution is -2.13. The largest absolute Gasteiger partial charge is 0.324 e. The van der Waals surface area contributed by atoms with Gasteiger partial charge in [0.1, 0.15) is 0 Å². The Kier molecular flexibility index (Phi) is 5.19. The molecular formula is C20H15N5O2. The predicted molar refractivity (Wildman–Crippen MR) is 101 cm³/mol. The number of Topliss-reactive ketones (excluding diaryl/α,β-unsaturated/α-hetero) is 1. The molecule has 2 N–H and O–H groups in total. The molecule has 0 radical (unpaired) electrons. The minimum absolute atomic E-state index is 0.0330. The Labute approximate surface area is 155 Å². The molecule has 0 unspecified atom stereocenters. The van der Waals surface area contributed by atoms with E-state index >= 15 is 0 Å². The molecule has 0 bridgehead atoms. The second kappa shape index (κ2) is 7.89. The van der Waals surface area contributed by atoms with Crippen LogP contribution in [-0.4, -0.2) is 21.7 Å². The highest BCUT2D eigenvalue weighted by Gasteiger charge is 2.08. The fourth-order valence-corrected chi connectivity index (χ4v) is 2.29. The van der Waals surface area contributed by atoms with Gasteiger partial charge in [-0.3, -0.25) is 9.59 Å². The van der Waals surface area contributed by atoms with Gasteiger partial charge in [-0.1, -0.05) is 12.1 Å². The number of carbonyl (C=O) groups excluding carboxylic acids is 2. The van der Waals surface area contributed by atoms with E-state index in [1.54, 1.807) is 48.5 Å². The molecule has 3 rings (SSSR count). The van der Waals surface area contributed by atoms with Gasteiger partial charge >= 0.3 is 0 Å². The Balaban J connectivity index is 1.67. The number of nitrogens with zero attached hydrogens (tertiary/aromatic N) is 3. The van der Waals surface area contributed by atoms with Crippen molar-refractivity contribution in [1.82, 2.24) is 9.97 Å². The summed E-state index contributed by atoms with van der Waals surface area (Å²) >= 11 is 0. The second-order valence-electron chi connectivity index (χ2n) is 5.70. The van der Waals surface area contributed by atoms with Crippen molar-refractivity contribution in [3.63, 3.8) is 0 Å². The lowest BCUT2D eigenvalue weighted by atomic mass is 10.1. The van der Waals surface area contributed by atoms with Crippen molar-refractivity contribution < 1.29 is 9.59 Å². The molecule has 0 aliphatic carbocycles. The summed E-state index contributed by atoms with van der Waals surface area (Å²) in [5, 5.41) is 14.5. The van der Waals surface area contributed by atoms with Gasteiger partial charge in [0, 0.05) is 29.3 Å². The number of nitrogens with one attached hydrogen (secondary N) is 2. The molecule has 1 heterocycles. The summed E-state index contributed by atoms with van der Waals surface area (Å²) in [5.41, 5.74) is 2.64. The predicted octanol–water partition coefficient (Wildman–Crippen LogP) is 3.55. The number of hydrogen-bond donors (Lipinski definition) is 2. The first kappa shape index (κ1) is 17.8. The van der Waals surface area contributed by atoms with Crippen LogP contribution >= 0.6 is 0 Å². The van der Waals surface area contributed by atoms with E-state index in [9.17, 15) is 9.59 Å². The highest BCUT2D eigenvalue weighted by molar-refractivity contribution is 6.03. The number of ketones is 1. The van der Waals surface area contributed by atoms with Gasteiger partial charge in [0.2, 0.25) is 5.95 Å². The van der Waals surface area contributed by atoms with E-state index in [0.29, 0.717) is 34.0 Å². The number of benzene rings is 2. The molecule has 1 amide bonds. The van der Waals surface area contributed by atoms with Gasteiger partial charge in [0.05, 0.1) is 17.2 Å². The summed E-state index contributed by atoms with van der Waals surface area (Å²) in [6, 6.07) is 15.5. The number of anilines is 3. The Morgan fingerprint density at radius 1 is 0.963 bits per heavy atom. The van der Waals surface area contributed by atoms with E-state index in [1.807, 2.05) is 6.07 Å². The maximum absolute atomic E-state index is 12.2. The minimum atomic E-state index is -0.357. The first-order chi connectivity index (χ1) is 13.0. The molecule has 1 aromatic heterocycles. The fraction of sp³-hybridized carbons (Fsp3) is 0.0500. The molecule has 7 heteroatoms. The molecule has 3 aromatic rings. The van der Waals surface area contributed by atoms with Crippen LogP contribution in [0.5, 0.6) is 0 Å². The molecule has 132 valence electrons. The molecule has 0 saturated carbocycles. The van der Waals surface area contributed by atoms with E-state index in [1.165, 1.54) is 19.3 Å². The first-order valence-corrected chi connectivity index (χ1v) is 8.07. The molecule has 0 aliphatic rings. The fourth-order valence-electron chi connectivity index (χ4n) is 2.29. The number of aromatic nitrogens is 2. The third-order valence-electron chi connectivity index (χ3n) is 3.71. The van der Waals surface area contributed by atoms with Crippen LogP contribution in [-0.2, 0) is 0 Å². The van der Waals surface area contributed by atoms with Gasteiger partial charge in [0.15, 0.2) is 5.78 Å². The van der Waals surface area contributed by atoms with Crippen LogP contribution in [0.4, 0.5) is 17.3 Å². The summed E-state index contributed by atoms with van der Waals surface area (Å²) in [6.45, 7) is 1.50. The highest BCUT2D eigenvalue weighted by Crippen LogP contribution is 2.16. The lowest BCUT2D eigenvalue weighted by Gasteiger charge is -2.07. The zero-order valence-corrected chi connectivity index (χ0v) is 14.4. The van der Waals surface area contributed by atoms with E-state index in [2.05, 4.69) is 20.6 Å². The average molecular weight is 357 g/mol. The molecule has 7 nitrogen and oxygen atoms in total. The van der Waals surface area contributed by atoms with Gasteiger partial charge in [-0.2, -0.15) is 5.26 Å². The zero-order valence-electron chi connectivity index (χ0n) is 14.4. The maximum atomic E-state index is 12.2. The van der Waals surface area contributed by atoms with Crippen molar-refractivity contribution in [2.45, 2.75) is 6.92 Å². The van der Waals surface area contributed by atoms with Crippen LogP contribution in [0.1, 0.15) is 33.2 Å². The Morgan fingerprint density at radius 2 is 1.67 bits per heavy atom. The number of nitriles is 1. The highest BCUT2D eigenvalue weighted by atomic mass is 16.1. The standard InChI is InChI=1S/C20H15N5O2/c1-13(26)15-3-2-4-18(9-15)25-20-22-11-16(12-23-20)19(27)24-17-7-5-14(10-21)6-8-17/h2-9,11-12H,1H3,(H,24,27)(H,22,23,25). The second-order valence-corrected chi connectivity index (χ2v) is 5.70. The van der Waals surface area contributed by atoms with Crippen LogP contribution in [0.25, 0.3) is 0 Å². The molecule has 27 heavy (non-hydrogen) atoms. The van der Waals surface area contributed by atoms with Crippen molar-refractivity contribution in [3.8, 4) is 6.07 Å².